The zero-order valence-corrected chi connectivity index (χ0v) is 30.9. The van der Waals surface area contributed by atoms with Gasteiger partial charge in [-0.2, -0.15) is 39.0 Å². The van der Waals surface area contributed by atoms with E-state index < -0.39 is 121 Å². The summed E-state index contributed by atoms with van der Waals surface area (Å²) in [4.78, 5) is 112. The second kappa shape index (κ2) is 21.8. The van der Waals surface area contributed by atoms with Gasteiger partial charge >= 0.3 is 35.5 Å². The number of thiol groups is 2. The maximum atomic E-state index is 15.8. The first-order chi connectivity index (χ1) is 26.2. The van der Waals surface area contributed by atoms with Gasteiger partial charge in [-0.15, -0.1) is 0 Å². The summed E-state index contributed by atoms with van der Waals surface area (Å²) in [5.41, 5.74) is 14.8. The molecular weight excluding hydrogens is 800 g/mol. The van der Waals surface area contributed by atoms with Crippen LogP contribution in [-0.2, 0) is 52.6 Å². The monoisotopic (exact) mass is 841 g/mol. The molecule has 1 aliphatic rings. The van der Waals surface area contributed by atoms with Crippen molar-refractivity contribution in [3.63, 3.8) is 0 Å². The van der Waals surface area contributed by atoms with E-state index in [-0.39, 0.29) is 43.0 Å². The van der Waals surface area contributed by atoms with E-state index in [1.807, 2.05) is 0 Å². The van der Waals surface area contributed by atoms with Crippen molar-refractivity contribution in [2.45, 2.75) is 74.2 Å². The van der Waals surface area contributed by atoms with Gasteiger partial charge in [0, 0.05) is 30.5 Å². The highest BCUT2D eigenvalue weighted by Crippen LogP contribution is 2.44. The number of aliphatic carboxylic acids is 2. The minimum Gasteiger partial charge on any atom is -0.480 e. The van der Waals surface area contributed by atoms with Crippen LogP contribution >= 0.6 is 25.3 Å². The van der Waals surface area contributed by atoms with Crippen molar-refractivity contribution in [2.24, 2.45) is 11.5 Å². The number of esters is 2. The number of halogens is 2. The third kappa shape index (κ3) is 14.2. The highest BCUT2D eigenvalue weighted by molar-refractivity contribution is 7.80. The van der Waals surface area contributed by atoms with Crippen molar-refractivity contribution in [1.29, 1.82) is 0 Å². The molecule has 0 bridgehead atoms. The number of nitrogens with one attached hydrogen (secondary N) is 4. The van der Waals surface area contributed by atoms with Gasteiger partial charge in [0.15, 0.2) is 6.10 Å². The Hall–Kier alpha value is -5.12. The average molecular weight is 842 g/mol. The summed E-state index contributed by atoms with van der Waals surface area (Å²) in [6.45, 7) is -2.96. The predicted octanol–water partition coefficient (Wildman–Crippen LogP) is -4.74. The number of carbonyl (C=O) groups is 8. The van der Waals surface area contributed by atoms with E-state index in [0.717, 1.165) is 12.3 Å². The molecule has 0 aromatic carbocycles. The zero-order chi connectivity index (χ0) is 42.3. The van der Waals surface area contributed by atoms with Crippen LogP contribution in [0.2, 0.25) is 0 Å². The smallest absolute Gasteiger partial charge is 0.351 e. The lowest BCUT2D eigenvalue weighted by Gasteiger charge is -2.24. The van der Waals surface area contributed by atoms with Gasteiger partial charge in [-0.05, 0) is 18.9 Å². The average Bonchev–Trinajstić information content (AvgIpc) is 3.38. The maximum absolute atomic E-state index is 15.8. The number of ether oxygens (including phenoxy) is 3. The van der Waals surface area contributed by atoms with E-state index >= 15 is 8.78 Å². The topological polar surface area (TPSA) is 366 Å². The number of hydrogen-bond donors (Lipinski definition) is 11. The van der Waals surface area contributed by atoms with Crippen molar-refractivity contribution < 1.29 is 71.6 Å². The van der Waals surface area contributed by atoms with Crippen molar-refractivity contribution in [1.82, 2.24) is 30.8 Å². The number of anilines is 1. The Balaban J connectivity index is 2.08. The fourth-order valence-corrected chi connectivity index (χ4v) is 5.08. The Morgan fingerprint density at radius 2 is 1.38 bits per heavy atom. The maximum Gasteiger partial charge on any atom is 0.351 e. The molecule has 2 rings (SSSR count). The molecule has 0 spiro atoms. The first-order valence-electron chi connectivity index (χ1n) is 16.3. The van der Waals surface area contributed by atoms with Crippen molar-refractivity contribution in [3.8, 4) is 0 Å². The van der Waals surface area contributed by atoms with Gasteiger partial charge in [-0.3, -0.25) is 42.9 Å². The third-order valence-electron chi connectivity index (χ3n) is 7.60. The Kier molecular flexibility index (Phi) is 18.3. The lowest BCUT2D eigenvalue weighted by Crippen LogP contribution is -2.50. The van der Waals surface area contributed by atoms with E-state index in [9.17, 15) is 43.2 Å². The number of carbonyl (C=O) groups excluding carboxylic acids is 6. The molecule has 4 unspecified atom stereocenters. The van der Waals surface area contributed by atoms with E-state index in [4.69, 9.17) is 41.6 Å². The first kappa shape index (κ1) is 47.0. The molecule has 1 fully saturated rings. The number of hydrogen-bond acceptors (Lipinski definition) is 18. The molecule has 312 valence electrons. The molecule has 1 aliphatic heterocycles. The fourth-order valence-electron chi connectivity index (χ4n) is 4.57. The highest BCUT2D eigenvalue weighted by atomic mass is 32.1. The molecule has 0 aliphatic carbocycles. The molecule has 1 saturated heterocycles. The molecule has 56 heavy (non-hydrogen) atoms. The quantitative estimate of drug-likeness (QED) is 0.0386. The van der Waals surface area contributed by atoms with Gasteiger partial charge in [0.25, 0.3) is 0 Å². The standard InChI is InChI=1S/C29H41F2N9O14S2/c30-29(31)22(54-21(44)8-36-24(46)15(11-56)38-19(42)4-2-13(33)26(49)50)16(53-27(29)40-6-5-17(34)39-28(40)51)9-52-20(43)7-35-23(45)14(10-55)37-18(41)3-1-12(32)25(47)48/h5-6,12-16,22,27,55-56H,1-4,7-11,32-33H2,(H,35,45)(H,36,46)(H,37,41)(H,38,42)(H,47,48)(H,49,50)(H2,34,39,51)/t12?,13?,14?,15?,16-,22-,27-/m1/s1. The van der Waals surface area contributed by atoms with Crippen LogP contribution in [0.15, 0.2) is 17.1 Å². The van der Waals surface area contributed by atoms with Gasteiger partial charge in [-0.1, -0.05) is 0 Å². The summed E-state index contributed by atoms with van der Waals surface area (Å²) in [5.74, 6) is -14.0. The Labute approximate surface area is 325 Å². The highest BCUT2D eigenvalue weighted by Gasteiger charge is 2.62. The lowest BCUT2D eigenvalue weighted by atomic mass is 10.1. The summed E-state index contributed by atoms with van der Waals surface area (Å²) in [5, 5.41) is 26.4. The molecule has 2 heterocycles. The van der Waals surface area contributed by atoms with Gasteiger partial charge in [0.2, 0.25) is 29.9 Å². The summed E-state index contributed by atoms with van der Waals surface area (Å²) in [6.07, 6.45) is -7.43. The van der Waals surface area contributed by atoms with Crippen molar-refractivity contribution >= 4 is 78.6 Å². The summed E-state index contributed by atoms with van der Waals surface area (Å²) >= 11 is 7.90. The van der Waals surface area contributed by atoms with Gasteiger partial charge in [0.1, 0.15) is 55.8 Å². The molecule has 7 atom stereocenters. The molecular formula is C29H41F2N9O14S2. The number of nitrogens with zero attached hydrogens (tertiary/aromatic N) is 2. The number of nitrogens with two attached hydrogens (primary N) is 3. The Bertz CT molecular complexity index is 1690. The molecule has 27 heteroatoms. The van der Waals surface area contributed by atoms with E-state index in [0.29, 0.717) is 4.57 Å². The SMILES string of the molecule is Nc1ccn([C@@H]2O[C@H](COC(=O)CNC(=O)C(CS)NC(=O)CCC(N)C(=O)O)[C@@H](OC(=O)CNC(=O)C(CS)NC(=O)CCC(N)C(=O)O)C2(F)F)c(=O)n1. The van der Waals surface area contributed by atoms with Gasteiger partial charge in [0.05, 0.1) is 0 Å². The van der Waals surface area contributed by atoms with Crippen LogP contribution in [-0.4, -0.2) is 141 Å². The first-order valence-corrected chi connectivity index (χ1v) is 17.5. The van der Waals surface area contributed by atoms with Gasteiger partial charge < -0.3 is 62.9 Å². The summed E-state index contributed by atoms with van der Waals surface area (Å²) in [7, 11) is 0. The molecule has 4 amide bonds. The predicted molar refractivity (Wildman–Crippen MR) is 190 cm³/mol. The molecule has 0 radical (unpaired) electrons. The number of carboxylic acids is 2. The molecule has 23 nitrogen and oxygen atoms in total. The molecule has 12 N–H and O–H groups in total. The van der Waals surface area contributed by atoms with Crippen LogP contribution in [0, 0.1) is 0 Å². The van der Waals surface area contributed by atoms with Gasteiger partial charge in [-0.25, -0.2) is 4.79 Å². The summed E-state index contributed by atoms with van der Waals surface area (Å²) < 4.78 is 47.2. The van der Waals surface area contributed by atoms with Crippen molar-refractivity contribution in [2.75, 3.05) is 36.9 Å². The summed E-state index contributed by atoms with van der Waals surface area (Å²) in [6, 6.07) is -4.33. The number of rotatable bonds is 22. The number of aromatic nitrogens is 2. The van der Waals surface area contributed by atoms with Crippen LogP contribution < -0.4 is 44.2 Å². The van der Waals surface area contributed by atoms with E-state index in [1.165, 1.54) is 0 Å². The molecule has 1 aromatic rings. The van der Waals surface area contributed by atoms with E-state index in [2.05, 4.69) is 51.5 Å². The third-order valence-corrected chi connectivity index (χ3v) is 8.33. The molecule has 1 aromatic heterocycles. The van der Waals surface area contributed by atoms with Crippen LogP contribution in [0.5, 0.6) is 0 Å². The van der Waals surface area contributed by atoms with E-state index in [1.54, 1.807) is 0 Å². The Morgan fingerprint density at radius 1 is 0.893 bits per heavy atom. The second-order valence-corrected chi connectivity index (χ2v) is 12.6. The number of amides is 4. The van der Waals surface area contributed by atoms with Crippen LogP contribution in [0.1, 0.15) is 31.9 Å². The Morgan fingerprint density at radius 3 is 1.82 bits per heavy atom. The number of nitrogen functional groups attached to an aromatic ring is 1. The second-order valence-electron chi connectivity index (χ2n) is 11.8. The minimum absolute atomic E-state index is 0.239. The normalized spacial score (nSPS) is 19.3. The minimum atomic E-state index is -4.22. The molecule has 0 saturated carbocycles. The lowest BCUT2D eigenvalue weighted by molar-refractivity contribution is -0.176. The number of alkyl halides is 2. The largest absolute Gasteiger partial charge is 0.480 e. The fraction of sp³-hybridized carbons (Fsp3) is 0.586. The van der Waals surface area contributed by atoms with Crippen LogP contribution in [0.4, 0.5) is 14.6 Å². The van der Waals surface area contributed by atoms with Crippen molar-refractivity contribution in [3.05, 3.63) is 22.7 Å². The zero-order valence-electron chi connectivity index (χ0n) is 29.1. The van der Waals surface area contributed by atoms with Crippen LogP contribution in [0.25, 0.3) is 0 Å². The number of carboxylic acid groups (broad SMARTS) is 2. The van der Waals surface area contributed by atoms with Crippen LogP contribution in [0.3, 0.4) is 0 Å².